The normalized spacial score (nSPS) is 19.9. The van der Waals surface area contributed by atoms with Crippen molar-refractivity contribution in [2.75, 3.05) is 31.2 Å². The van der Waals surface area contributed by atoms with Gasteiger partial charge < -0.3 is 15.0 Å². The SMILES string of the molecule is C[C@H]1CN(c2ccc(C(F)(F)F)cc2)C(=O)c2c(C(=O)NCC3CCOCC3)cnn21. The molecule has 1 atom stereocenters. The van der Waals surface area contributed by atoms with Crippen molar-refractivity contribution in [1.29, 1.82) is 0 Å². The minimum atomic E-state index is -4.45. The van der Waals surface area contributed by atoms with Crippen molar-refractivity contribution in [3.63, 3.8) is 0 Å². The number of alkyl halides is 3. The van der Waals surface area contributed by atoms with E-state index in [1.165, 1.54) is 27.9 Å². The molecule has 2 aliphatic heterocycles. The molecule has 1 aromatic carbocycles. The number of rotatable bonds is 4. The number of anilines is 1. The number of hydrogen-bond acceptors (Lipinski definition) is 4. The third-order valence-corrected chi connectivity index (χ3v) is 5.75. The van der Waals surface area contributed by atoms with Gasteiger partial charge in [-0.3, -0.25) is 14.3 Å². The second kappa shape index (κ2) is 8.33. The first-order chi connectivity index (χ1) is 14.8. The van der Waals surface area contributed by atoms with Gasteiger partial charge in [0.15, 0.2) is 0 Å². The van der Waals surface area contributed by atoms with Gasteiger partial charge in [0.25, 0.3) is 11.8 Å². The second-order valence-corrected chi connectivity index (χ2v) is 7.93. The molecule has 1 saturated heterocycles. The maximum absolute atomic E-state index is 13.2. The number of hydrogen-bond donors (Lipinski definition) is 1. The first kappa shape index (κ1) is 21.4. The van der Waals surface area contributed by atoms with E-state index in [1.54, 1.807) is 0 Å². The van der Waals surface area contributed by atoms with E-state index in [-0.39, 0.29) is 29.8 Å². The molecule has 10 heteroatoms. The van der Waals surface area contributed by atoms with Gasteiger partial charge in [0.05, 0.1) is 23.4 Å². The Morgan fingerprint density at radius 3 is 2.55 bits per heavy atom. The quantitative estimate of drug-likeness (QED) is 0.798. The highest BCUT2D eigenvalue weighted by Crippen LogP contribution is 2.32. The number of nitrogens with zero attached hydrogens (tertiary/aromatic N) is 3. The lowest BCUT2D eigenvalue weighted by molar-refractivity contribution is -0.137. The van der Waals surface area contributed by atoms with Crippen molar-refractivity contribution < 1.29 is 27.5 Å². The maximum atomic E-state index is 13.2. The number of ether oxygens (including phenoxy) is 1. The number of carbonyl (C=O) groups excluding carboxylic acids is 2. The molecule has 0 saturated carbocycles. The highest BCUT2D eigenvalue weighted by atomic mass is 19.4. The van der Waals surface area contributed by atoms with E-state index in [0.717, 1.165) is 25.0 Å². The van der Waals surface area contributed by atoms with Crippen LogP contribution < -0.4 is 10.2 Å². The smallest absolute Gasteiger partial charge is 0.381 e. The van der Waals surface area contributed by atoms with Gasteiger partial charge in [0.2, 0.25) is 0 Å². The number of amides is 2. The van der Waals surface area contributed by atoms with Crippen LogP contribution >= 0.6 is 0 Å². The van der Waals surface area contributed by atoms with E-state index in [4.69, 9.17) is 4.74 Å². The molecule has 0 spiro atoms. The summed E-state index contributed by atoms with van der Waals surface area (Å²) in [5, 5.41) is 7.09. The molecule has 4 rings (SSSR count). The highest BCUT2D eigenvalue weighted by molar-refractivity contribution is 6.12. The summed E-state index contributed by atoms with van der Waals surface area (Å²) in [6.07, 6.45) is -1.35. The van der Waals surface area contributed by atoms with Gasteiger partial charge in [-0.2, -0.15) is 18.3 Å². The summed E-state index contributed by atoms with van der Waals surface area (Å²) < 4.78 is 45.4. The number of fused-ring (bicyclic) bond motifs is 1. The van der Waals surface area contributed by atoms with Gasteiger partial charge in [0, 0.05) is 32.0 Å². The van der Waals surface area contributed by atoms with E-state index >= 15 is 0 Å². The van der Waals surface area contributed by atoms with E-state index in [0.29, 0.717) is 31.4 Å². The van der Waals surface area contributed by atoms with Gasteiger partial charge in [-0.1, -0.05) is 0 Å². The van der Waals surface area contributed by atoms with E-state index < -0.39 is 17.6 Å². The van der Waals surface area contributed by atoms with Crippen LogP contribution in [0.1, 0.15) is 52.2 Å². The van der Waals surface area contributed by atoms with Crippen LogP contribution in [-0.2, 0) is 10.9 Å². The van der Waals surface area contributed by atoms with Crippen molar-refractivity contribution in [2.24, 2.45) is 5.92 Å². The van der Waals surface area contributed by atoms with Gasteiger partial charge in [-0.05, 0) is 49.9 Å². The predicted molar refractivity (Wildman–Crippen MR) is 106 cm³/mol. The lowest BCUT2D eigenvalue weighted by Gasteiger charge is -2.32. The van der Waals surface area contributed by atoms with Crippen molar-refractivity contribution in [1.82, 2.24) is 15.1 Å². The standard InChI is InChI=1S/C21H23F3N4O3/c1-13-12-27(16-4-2-15(3-5-16)21(22,23)24)20(30)18-17(11-26-28(13)18)19(29)25-10-14-6-8-31-9-7-14/h2-5,11,13-14H,6-10,12H2,1H3,(H,25,29)/t13-/m0/s1. The summed E-state index contributed by atoms with van der Waals surface area (Å²) >= 11 is 0. The molecule has 3 heterocycles. The third kappa shape index (κ3) is 4.30. The number of halogens is 3. The Morgan fingerprint density at radius 2 is 1.90 bits per heavy atom. The number of aromatic nitrogens is 2. The van der Waals surface area contributed by atoms with Crippen LogP contribution in [0, 0.1) is 5.92 Å². The topological polar surface area (TPSA) is 76.5 Å². The Balaban J connectivity index is 1.54. The summed E-state index contributed by atoms with van der Waals surface area (Å²) in [4.78, 5) is 27.3. The average Bonchev–Trinajstić information content (AvgIpc) is 3.21. The Morgan fingerprint density at radius 1 is 1.23 bits per heavy atom. The zero-order chi connectivity index (χ0) is 22.2. The fourth-order valence-electron chi connectivity index (χ4n) is 3.96. The zero-order valence-electron chi connectivity index (χ0n) is 17.0. The maximum Gasteiger partial charge on any atom is 0.416 e. The summed E-state index contributed by atoms with van der Waals surface area (Å²) in [7, 11) is 0. The van der Waals surface area contributed by atoms with E-state index in [9.17, 15) is 22.8 Å². The first-order valence-electron chi connectivity index (χ1n) is 10.2. The molecule has 31 heavy (non-hydrogen) atoms. The fraction of sp³-hybridized carbons (Fsp3) is 0.476. The molecule has 0 unspecified atom stereocenters. The lowest BCUT2D eigenvalue weighted by atomic mass is 10.0. The number of benzene rings is 1. The zero-order valence-corrected chi connectivity index (χ0v) is 17.0. The molecule has 1 aromatic heterocycles. The molecule has 0 radical (unpaired) electrons. The predicted octanol–water partition coefficient (Wildman–Crippen LogP) is 3.28. The summed E-state index contributed by atoms with van der Waals surface area (Å²) in [6, 6.07) is 4.18. The van der Waals surface area contributed by atoms with Gasteiger partial charge in [0.1, 0.15) is 5.69 Å². The molecule has 0 bridgehead atoms. The van der Waals surface area contributed by atoms with E-state index in [2.05, 4.69) is 10.4 Å². The average molecular weight is 436 g/mol. The minimum Gasteiger partial charge on any atom is -0.381 e. The van der Waals surface area contributed by atoms with Crippen molar-refractivity contribution in [2.45, 2.75) is 32.0 Å². The van der Waals surface area contributed by atoms with Crippen LogP contribution in [0.2, 0.25) is 0 Å². The van der Waals surface area contributed by atoms with Gasteiger partial charge in [-0.25, -0.2) is 0 Å². The molecule has 2 aromatic rings. The monoisotopic (exact) mass is 436 g/mol. The Bertz CT molecular complexity index is 965. The lowest BCUT2D eigenvalue weighted by Crippen LogP contribution is -2.44. The van der Waals surface area contributed by atoms with Crippen LogP contribution in [0.15, 0.2) is 30.5 Å². The molecule has 2 aliphatic rings. The molecular weight excluding hydrogens is 413 g/mol. The molecule has 7 nitrogen and oxygen atoms in total. The van der Waals surface area contributed by atoms with Crippen molar-refractivity contribution >= 4 is 17.5 Å². The van der Waals surface area contributed by atoms with Crippen molar-refractivity contribution in [3.05, 3.63) is 47.3 Å². The van der Waals surface area contributed by atoms with Gasteiger partial charge >= 0.3 is 6.18 Å². The highest BCUT2D eigenvalue weighted by Gasteiger charge is 2.36. The fourth-order valence-corrected chi connectivity index (χ4v) is 3.96. The molecule has 1 fully saturated rings. The first-order valence-corrected chi connectivity index (χ1v) is 10.2. The Kier molecular flexibility index (Phi) is 5.74. The van der Waals surface area contributed by atoms with Crippen LogP contribution in [0.3, 0.4) is 0 Å². The molecule has 166 valence electrons. The summed E-state index contributed by atoms with van der Waals surface area (Å²) in [6.45, 7) is 3.90. The van der Waals surface area contributed by atoms with Crippen LogP contribution in [0.4, 0.5) is 18.9 Å². The molecular formula is C21H23F3N4O3. The third-order valence-electron chi connectivity index (χ3n) is 5.75. The summed E-state index contributed by atoms with van der Waals surface area (Å²) in [5.74, 6) is -0.531. The minimum absolute atomic E-state index is 0.142. The van der Waals surface area contributed by atoms with Crippen LogP contribution in [0.25, 0.3) is 0 Å². The van der Waals surface area contributed by atoms with Crippen molar-refractivity contribution in [3.8, 4) is 0 Å². The van der Waals surface area contributed by atoms with E-state index in [1.807, 2.05) is 6.92 Å². The number of nitrogens with one attached hydrogen (secondary N) is 1. The van der Waals surface area contributed by atoms with Crippen LogP contribution in [0.5, 0.6) is 0 Å². The second-order valence-electron chi connectivity index (χ2n) is 7.93. The van der Waals surface area contributed by atoms with Crippen LogP contribution in [-0.4, -0.2) is 47.9 Å². The summed E-state index contributed by atoms with van der Waals surface area (Å²) in [5.41, 5.74) is -0.138. The van der Waals surface area contributed by atoms with Gasteiger partial charge in [-0.15, -0.1) is 0 Å². The molecule has 2 amide bonds. The Labute approximate surface area is 177 Å². The Hall–Kier alpha value is -2.88. The number of carbonyl (C=O) groups is 2. The molecule has 1 N–H and O–H groups in total. The molecule has 0 aliphatic carbocycles. The largest absolute Gasteiger partial charge is 0.416 e.